The number of carbonyl (C=O) groups is 1. The predicted molar refractivity (Wildman–Crippen MR) is 157 cm³/mol. The number of cyclic esters (lactones) is 1. The van der Waals surface area contributed by atoms with E-state index in [9.17, 15) is 20.1 Å². The van der Waals surface area contributed by atoms with E-state index >= 15 is 0 Å². The first-order chi connectivity index (χ1) is 19.0. The number of esters is 1. The fraction of sp³-hybridized carbons (Fsp3) is 0.788. The molecule has 2 saturated heterocycles. The zero-order valence-electron chi connectivity index (χ0n) is 25.3. The average Bonchev–Trinajstić information content (AvgIpc) is 3.48. The first-order valence-corrected chi connectivity index (χ1v) is 15.6. The van der Waals surface area contributed by atoms with Crippen molar-refractivity contribution in [3.05, 3.63) is 36.0 Å². The van der Waals surface area contributed by atoms with Gasteiger partial charge in [0.15, 0.2) is 0 Å². The summed E-state index contributed by atoms with van der Waals surface area (Å²) in [6.45, 7) is 13.9. The molecule has 3 N–H and O–H groups in total. The van der Waals surface area contributed by atoms with Crippen LogP contribution in [0, 0.1) is 17.8 Å². The molecule has 0 amide bonds. The monoisotopic (exact) mass is 562 g/mol. The van der Waals surface area contributed by atoms with Crippen LogP contribution in [0.3, 0.4) is 0 Å². The molecule has 4 bridgehead atoms. The van der Waals surface area contributed by atoms with Crippen molar-refractivity contribution in [3.63, 3.8) is 0 Å². The van der Waals surface area contributed by atoms with E-state index in [-0.39, 0.29) is 36.3 Å². The summed E-state index contributed by atoms with van der Waals surface area (Å²) >= 11 is 0. The molecule has 11 unspecified atom stereocenters. The number of allylic oxidation sites excluding steroid dienone is 3. The van der Waals surface area contributed by atoms with Gasteiger partial charge in [0.2, 0.25) is 0 Å². The van der Waals surface area contributed by atoms with Crippen LogP contribution in [0.15, 0.2) is 36.0 Å². The highest BCUT2D eigenvalue weighted by atomic mass is 16.6. The first kappa shape index (κ1) is 33.0. The van der Waals surface area contributed by atoms with Gasteiger partial charge in [-0.1, -0.05) is 58.1 Å². The van der Waals surface area contributed by atoms with Gasteiger partial charge in [0, 0.05) is 12.3 Å². The summed E-state index contributed by atoms with van der Waals surface area (Å²) in [4.78, 5) is 13.0. The van der Waals surface area contributed by atoms with E-state index < -0.39 is 30.3 Å². The maximum Gasteiger partial charge on any atom is 0.309 e. The third-order valence-corrected chi connectivity index (χ3v) is 9.16. The van der Waals surface area contributed by atoms with Gasteiger partial charge in [0.1, 0.15) is 12.2 Å². The van der Waals surface area contributed by atoms with Gasteiger partial charge < -0.3 is 29.5 Å². The summed E-state index contributed by atoms with van der Waals surface area (Å²) in [6, 6.07) is 0. The molecular weight excluding hydrogens is 508 g/mol. The molecule has 228 valence electrons. The summed E-state index contributed by atoms with van der Waals surface area (Å²) in [7, 11) is 0. The molecular formula is C33H54O7. The summed E-state index contributed by atoms with van der Waals surface area (Å²) in [6.07, 6.45) is 10.4. The Balaban J connectivity index is 1.74. The number of rotatable bonds is 5. The van der Waals surface area contributed by atoms with E-state index in [0.717, 1.165) is 38.5 Å². The van der Waals surface area contributed by atoms with E-state index in [2.05, 4.69) is 38.7 Å². The molecule has 2 fully saturated rings. The van der Waals surface area contributed by atoms with Crippen molar-refractivity contribution in [3.8, 4) is 0 Å². The Morgan fingerprint density at radius 3 is 2.50 bits per heavy atom. The van der Waals surface area contributed by atoms with Crippen molar-refractivity contribution < 1.29 is 34.3 Å². The lowest BCUT2D eigenvalue weighted by Crippen LogP contribution is -2.39. The SMILES string of the molecule is C=C(C(O)CC)C(C)C(O)C1CCCC(C)=CC2OC(CC2C)C2OC(CCC=CCCC(C)C(=O)O1)CC2O. The van der Waals surface area contributed by atoms with Gasteiger partial charge in [0.05, 0.1) is 42.5 Å². The normalized spacial score (nSPS) is 37.1. The van der Waals surface area contributed by atoms with Crippen LogP contribution in [0.1, 0.15) is 98.8 Å². The van der Waals surface area contributed by atoms with E-state index in [1.165, 1.54) is 5.57 Å². The maximum atomic E-state index is 13.0. The Labute approximate surface area is 241 Å². The van der Waals surface area contributed by atoms with Gasteiger partial charge in [-0.25, -0.2) is 0 Å². The number of hydrogen-bond acceptors (Lipinski definition) is 7. The molecule has 11 atom stereocenters. The molecule has 3 rings (SSSR count). The molecule has 0 aromatic heterocycles. The second kappa shape index (κ2) is 15.6. The van der Waals surface area contributed by atoms with Gasteiger partial charge in [-0.05, 0) is 76.2 Å². The first-order valence-electron chi connectivity index (χ1n) is 15.6. The molecule has 0 aliphatic carbocycles. The number of fused-ring (bicyclic) bond motifs is 5. The van der Waals surface area contributed by atoms with E-state index in [0.29, 0.717) is 37.2 Å². The van der Waals surface area contributed by atoms with Crippen molar-refractivity contribution in [2.75, 3.05) is 0 Å². The summed E-state index contributed by atoms with van der Waals surface area (Å²) < 4.78 is 18.6. The lowest BCUT2D eigenvalue weighted by molar-refractivity contribution is -0.161. The van der Waals surface area contributed by atoms with Gasteiger partial charge in [0.25, 0.3) is 0 Å². The topological polar surface area (TPSA) is 105 Å². The van der Waals surface area contributed by atoms with Crippen LogP contribution in [0.5, 0.6) is 0 Å². The molecule has 0 aromatic carbocycles. The average molecular weight is 563 g/mol. The molecule has 0 radical (unpaired) electrons. The summed E-state index contributed by atoms with van der Waals surface area (Å²) in [5, 5.41) is 32.2. The molecule has 3 heterocycles. The number of aliphatic hydroxyl groups excluding tert-OH is 3. The highest BCUT2D eigenvalue weighted by molar-refractivity contribution is 5.72. The highest BCUT2D eigenvalue weighted by Gasteiger charge is 2.44. The van der Waals surface area contributed by atoms with Crippen LogP contribution >= 0.6 is 0 Å². The maximum absolute atomic E-state index is 13.0. The Morgan fingerprint density at radius 2 is 1.80 bits per heavy atom. The van der Waals surface area contributed by atoms with Crippen molar-refractivity contribution in [1.82, 2.24) is 0 Å². The minimum atomic E-state index is -0.948. The summed E-state index contributed by atoms with van der Waals surface area (Å²) in [5.74, 6) is -0.680. The molecule has 3 aliphatic rings. The Kier molecular flexibility index (Phi) is 12.9. The smallest absolute Gasteiger partial charge is 0.309 e. The molecule has 0 saturated carbocycles. The molecule has 0 spiro atoms. The Morgan fingerprint density at radius 1 is 1.10 bits per heavy atom. The van der Waals surface area contributed by atoms with Crippen LogP contribution < -0.4 is 0 Å². The zero-order valence-corrected chi connectivity index (χ0v) is 25.3. The third kappa shape index (κ3) is 8.99. The van der Waals surface area contributed by atoms with Crippen LogP contribution in [0.2, 0.25) is 0 Å². The largest absolute Gasteiger partial charge is 0.459 e. The quantitative estimate of drug-likeness (QED) is 0.304. The number of aliphatic hydroxyl groups is 3. The predicted octanol–water partition coefficient (Wildman–Crippen LogP) is 5.42. The lowest BCUT2D eigenvalue weighted by Gasteiger charge is -2.31. The summed E-state index contributed by atoms with van der Waals surface area (Å²) in [5.41, 5.74) is 1.75. The number of ether oxygens (including phenoxy) is 3. The van der Waals surface area contributed by atoms with Gasteiger partial charge >= 0.3 is 5.97 Å². The molecule has 40 heavy (non-hydrogen) atoms. The van der Waals surface area contributed by atoms with E-state index in [1.54, 1.807) is 0 Å². The third-order valence-electron chi connectivity index (χ3n) is 9.16. The van der Waals surface area contributed by atoms with Gasteiger partial charge in [-0.2, -0.15) is 0 Å². The zero-order chi connectivity index (χ0) is 29.4. The van der Waals surface area contributed by atoms with E-state index in [4.69, 9.17) is 14.2 Å². The van der Waals surface area contributed by atoms with Gasteiger partial charge in [-0.15, -0.1) is 0 Å². The number of hydrogen-bond donors (Lipinski definition) is 3. The van der Waals surface area contributed by atoms with Crippen LogP contribution in [-0.4, -0.2) is 70.1 Å². The lowest BCUT2D eigenvalue weighted by atomic mass is 9.87. The highest BCUT2D eigenvalue weighted by Crippen LogP contribution is 2.37. The Bertz CT molecular complexity index is 882. The minimum absolute atomic E-state index is 0.0307. The standard InChI is InChI=1S/C33H54O7/c1-7-26(34)23(5)24(6)31(36)28-16-12-13-20(2)17-29-22(4)18-30(39-29)32-27(35)19-25(38-32)15-11-9-8-10-14-21(3)33(37)40-28/h8-9,17,21-22,24-32,34-36H,5,7,10-16,18-19H2,1-4,6H3. The second-order valence-electron chi connectivity index (χ2n) is 12.6. The van der Waals surface area contributed by atoms with Gasteiger partial charge in [-0.3, -0.25) is 4.79 Å². The van der Waals surface area contributed by atoms with Crippen molar-refractivity contribution >= 4 is 5.97 Å². The van der Waals surface area contributed by atoms with Crippen LogP contribution in [0.25, 0.3) is 0 Å². The van der Waals surface area contributed by atoms with Crippen LogP contribution in [-0.2, 0) is 19.0 Å². The molecule has 7 heteroatoms. The van der Waals surface area contributed by atoms with E-state index in [1.807, 2.05) is 20.8 Å². The van der Waals surface area contributed by atoms with Crippen LogP contribution in [0.4, 0.5) is 0 Å². The Hall–Kier alpha value is -1.51. The fourth-order valence-electron chi connectivity index (χ4n) is 6.20. The van der Waals surface area contributed by atoms with Crippen molar-refractivity contribution in [2.24, 2.45) is 17.8 Å². The second-order valence-corrected chi connectivity index (χ2v) is 12.6. The fourth-order valence-corrected chi connectivity index (χ4v) is 6.20. The molecule has 3 aliphatic heterocycles. The number of carbonyl (C=O) groups excluding carboxylic acids is 1. The molecule has 0 aromatic rings. The van der Waals surface area contributed by atoms with Crippen molar-refractivity contribution in [1.29, 1.82) is 0 Å². The minimum Gasteiger partial charge on any atom is -0.459 e. The van der Waals surface area contributed by atoms with Crippen molar-refractivity contribution in [2.45, 2.75) is 148 Å². The molecule has 7 nitrogen and oxygen atoms in total.